The third kappa shape index (κ3) is 3.73. The fraction of sp³-hybridized carbons (Fsp3) is 0.909. The largest absolute Gasteiger partial charge is 0.481 e. The molecule has 0 spiro atoms. The van der Waals surface area contributed by atoms with E-state index in [0.717, 1.165) is 19.4 Å². The molecule has 1 unspecified atom stereocenters. The van der Waals surface area contributed by atoms with Gasteiger partial charge in [0.05, 0.1) is 18.6 Å². The summed E-state index contributed by atoms with van der Waals surface area (Å²) < 4.78 is 10.2. The zero-order chi connectivity index (χ0) is 11.9. The molecule has 2 N–H and O–H groups in total. The van der Waals surface area contributed by atoms with Crippen LogP contribution in [-0.2, 0) is 14.3 Å². The van der Waals surface area contributed by atoms with Gasteiger partial charge in [0.25, 0.3) is 0 Å². The molecule has 0 aromatic rings. The maximum Gasteiger partial charge on any atom is 0.310 e. The molecular formula is C11H21NO4. The number of aliphatic carboxylic acids is 1. The van der Waals surface area contributed by atoms with E-state index in [2.05, 4.69) is 5.32 Å². The van der Waals surface area contributed by atoms with E-state index >= 15 is 0 Å². The summed E-state index contributed by atoms with van der Waals surface area (Å²) in [4.78, 5) is 11.2. The Bertz CT molecular complexity index is 214. The number of carboxylic acid groups (broad SMARTS) is 1. The van der Waals surface area contributed by atoms with Gasteiger partial charge in [0.1, 0.15) is 0 Å². The molecule has 0 saturated carbocycles. The van der Waals surface area contributed by atoms with Crippen LogP contribution in [0.3, 0.4) is 0 Å². The van der Waals surface area contributed by atoms with Crippen molar-refractivity contribution in [1.82, 2.24) is 5.32 Å². The molecule has 1 rings (SSSR count). The molecule has 1 aliphatic rings. The average molecular weight is 231 g/mol. The highest BCUT2D eigenvalue weighted by molar-refractivity contribution is 5.75. The zero-order valence-electron chi connectivity index (χ0n) is 9.83. The van der Waals surface area contributed by atoms with Gasteiger partial charge in [0, 0.05) is 20.3 Å². The topological polar surface area (TPSA) is 67.8 Å². The SMILES string of the molecule is COCCOCCCC1(C(=O)O)CCNC1. The molecule has 1 fully saturated rings. The van der Waals surface area contributed by atoms with Crippen LogP contribution in [0.2, 0.25) is 0 Å². The van der Waals surface area contributed by atoms with Crippen LogP contribution >= 0.6 is 0 Å². The minimum atomic E-state index is -0.686. The van der Waals surface area contributed by atoms with E-state index in [0.29, 0.717) is 32.8 Å². The Kier molecular flexibility index (Phi) is 5.73. The lowest BCUT2D eigenvalue weighted by Gasteiger charge is -2.22. The number of hydrogen-bond acceptors (Lipinski definition) is 4. The number of carboxylic acids is 1. The summed E-state index contributed by atoms with van der Waals surface area (Å²) in [5, 5.41) is 12.3. The van der Waals surface area contributed by atoms with Crippen LogP contribution in [0.4, 0.5) is 0 Å². The molecule has 0 amide bonds. The molecule has 5 heteroatoms. The van der Waals surface area contributed by atoms with Crippen molar-refractivity contribution < 1.29 is 19.4 Å². The van der Waals surface area contributed by atoms with Crippen LogP contribution in [0.25, 0.3) is 0 Å². The molecule has 94 valence electrons. The van der Waals surface area contributed by atoms with E-state index in [1.54, 1.807) is 7.11 Å². The second kappa shape index (κ2) is 6.83. The van der Waals surface area contributed by atoms with E-state index in [1.807, 2.05) is 0 Å². The van der Waals surface area contributed by atoms with Crippen molar-refractivity contribution in [3.8, 4) is 0 Å². The van der Waals surface area contributed by atoms with E-state index in [1.165, 1.54) is 0 Å². The van der Waals surface area contributed by atoms with Gasteiger partial charge in [0.2, 0.25) is 0 Å². The van der Waals surface area contributed by atoms with Gasteiger partial charge in [-0.3, -0.25) is 4.79 Å². The van der Waals surface area contributed by atoms with Gasteiger partial charge in [-0.25, -0.2) is 0 Å². The van der Waals surface area contributed by atoms with Crippen molar-refractivity contribution in [2.24, 2.45) is 5.41 Å². The van der Waals surface area contributed by atoms with Crippen molar-refractivity contribution in [2.45, 2.75) is 19.3 Å². The third-order valence-corrected chi connectivity index (χ3v) is 3.07. The summed E-state index contributed by atoms with van der Waals surface area (Å²) >= 11 is 0. The van der Waals surface area contributed by atoms with E-state index in [9.17, 15) is 9.90 Å². The number of carbonyl (C=O) groups is 1. The second-order valence-electron chi connectivity index (χ2n) is 4.22. The highest BCUT2D eigenvalue weighted by atomic mass is 16.5. The predicted molar refractivity (Wildman–Crippen MR) is 59.5 cm³/mol. The lowest BCUT2D eigenvalue weighted by molar-refractivity contribution is -0.148. The molecular weight excluding hydrogens is 210 g/mol. The molecule has 16 heavy (non-hydrogen) atoms. The minimum Gasteiger partial charge on any atom is -0.481 e. The van der Waals surface area contributed by atoms with E-state index in [4.69, 9.17) is 9.47 Å². The molecule has 1 saturated heterocycles. The first-order valence-corrected chi connectivity index (χ1v) is 5.72. The Morgan fingerprint density at radius 1 is 1.44 bits per heavy atom. The van der Waals surface area contributed by atoms with Gasteiger partial charge >= 0.3 is 5.97 Å². The molecule has 0 aliphatic carbocycles. The van der Waals surface area contributed by atoms with E-state index in [-0.39, 0.29) is 0 Å². The Morgan fingerprint density at radius 2 is 2.25 bits per heavy atom. The molecule has 0 bridgehead atoms. The smallest absolute Gasteiger partial charge is 0.310 e. The van der Waals surface area contributed by atoms with Crippen LogP contribution in [-0.4, -0.2) is 51.1 Å². The first kappa shape index (κ1) is 13.4. The Labute approximate surface area is 96.1 Å². The Balaban J connectivity index is 2.16. The molecule has 0 aromatic heterocycles. The summed E-state index contributed by atoms with van der Waals surface area (Å²) in [7, 11) is 1.63. The standard InChI is InChI=1S/C11H21NO4/c1-15-7-8-16-6-2-3-11(10(13)14)4-5-12-9-11/h12H,2-9H2,1H3,(H,13,14). The number of nitrogens with one attached hydrogen (secondary N) is 1. The second-order valence-corrected chi connectivity index (χ2v) is 4.22. The monoisotopic (exact) mass is 231 g/mol. The van der Waals surface area contributed by atoms with Crippen LogP contribution in [0, 0.1) is 5.41 Å². The fourth-order valence-electron chi connectivity index (χ4n) is 2.00. The predicted octanol–water partition coefficient (Wildman–Crippen LogP) is 0.494. The summed E-state index contributed by atoms with van der Waals surface area (Å²) in [6.45, 7) is 3.16. The fourth-order valence-corrected chi connectivity index (χ4v) is 2.00. The maximum atomic E-state index is 11.2. The highest BCUT2D eigenvalue weighted by Gasteiger charge is 2.40. The number of methoxy groups -OCH3 is 1. The Hall–Kier alpha value is -0.650. The molecule has 0 radical (unpaired) electrons. The lowest BCUT2D eigenvalue weighted by atomic mass is 9.82. The average Bonchev–Trinajstić information content (AvgIpc) is 2.73. The quantitative estimate of drug-likeness (QED) is 0.595. The van der Waals surface area contributed by atoms with Gasteiger partial charge in [-0.15, -0.1) is 0 Å². The summed E-state index contributed by atoms with van der Waals surface area (Å²) in [5.74, 6) is -0.686. The van der Waals surface area contributed by atoms with Gasteiger partial charge in [-0.05, 0) is 25.8 Å². The maximum absolute atomic E-state index is 11.2. The molecule has 1 heterocycles. The minimum absolute atomic E-state index is 0.565. The van der Waals surface area contributed by atoms with Gasteiger partial charge in [-0.2, -0.15) is 0 Å². The van der Waals surface area contributed by atoms with Crippen molar-refractivity contribution in [3.05, 3.63) is 0 Å². The lowest BCUT2D eigenvalue weighted by Crippen LogP contribution is -2.33. The summed E-state index contributed by atoms with van der Waals surface area (Å²) in [6.07, 6.45) is 2.19. The van der Waals surface area contributed by atoms with Gasteiger partial charge < -0.3 is 19.9 Å². The zero-order valence-corrected chi connectivity index (χ0v) is 9.83. The van der Waals surface area contributed by atoms with Crippen molar-refractivity contribution in [1.29, 1.82) is 0 Å². The molecule has 5 nitrogen and oxygen atoms in total. The number of hydrogen-bond donors (Lipinski definition) is 2. The van der Waals surface area contributed by atoms with Gasteiger partial charge in [0.15, 0.2) is 0 Å². The normalized spacial score (nSPS) is 24.8. The van der Waals surface area contributed by atoms with E-state index < -0.39 is 11.4 Å². The van der Waals surface area contributed by atoms with Crippen molar-refractivity contribution in [2.75, 3.05) is 40.0 Å². The van der Waals surface area contributed by atoms with Crippen molar-refractivity contribution in [3.63, 3.8) is 0 Å². The van der Waals surface area contributed by atoms with Crippen molar-refractivity contribution >= 4 is 5.97 Å². The summed E-state index contributed by atoms with van der Waals surface area (Å²) in [6, 6.07) is 0. The first-order chi connectivity index (χ1) is 7.71. The van der Waals surface area contributed by atoms with Crippen LogP contribution in [0.15, 0.2) is 0 Å². The molecule has 0 aromatic carbocycles. The van der Waals surface area contributed by atoms with Gasteiger partial charge in [-0.1, -0.05) is 0 Å². The Morgan fingerprint density at radius 3 is 2.81 bits per heavy atom. The van der Waals surface area contributed by atoms with Crippen LogP contribution in [0.5, 0.6) is 0 Å². The van der Waals surface area contributed by atoms with Crippen LogP contribution in [0.1, 0.15) is 19.3 Å². The molecule has 1 aliphatic heterocycles. The third-order valence-electron chi connectivity index (χ3n) is 3.07. The first-order valence-electron chi connectivity index (χ1n) is 5.72. The number of rotatable bonds is 8. The summed E-state index contributed by atoms with van der Waals surface area (Å²) in [5.41, 5.74) is -0.565. The number of ether oxygens (including phenoxy) is 2. The molecule has 1 atom stereocenters. The van der Waals surface area contributed by atoms with Crippen LogP contribution < -0.4 is 5.32 Å². The highest BCUT2D eigenvalue weighted by Crippen LogP contribution is 2.31.